The van der Waals surface area contributed by atoms with Crippen molar-refractivity contribution in [3.05, 3.63) is 21.6 Å². The number of nitro groups is 1. The van der Waals surface area contributed by atoms with E-state index in [0.29, 0.717) is 6.54 Å². The van der Waals surface area contributed by atoms with Gasteiger partial charge in [0.05, 0.1) is 4.92 Å². The molecule has 1 N–H and O–H groups in total. The zero-order valence-electron chi connectivity index (χ0n) is 9.44. The lowest BCUT2D eigenvalue weighted by Crippen LogP contribution is -2.16. The zero-order valence-corrected chi connectivity index (χ0v) is 10.2. The number of aromatic nitrogens is 2. The van der Waals surface area contributed by atoms with Crippen LogP contribution in [0.15, 0.2) is 6.33 Å². The van der Waals surface area contributed by atoms with E-state index in [1.807, 2.05) is 0 Å². The Kier molecular flexibility index (Phi) is 3.15. The van der Waals surface area contributed by atoms with Crippen LogP contribution in [-0.2, 0) is 0 Å². The maximum Gasteiger partial charge on any atom is 0.348 e. The fourth-order valence-corrected chi connectivity index (χ4v) is 1.95. The van der Waals surface area contributed by atoms with E-state index in [-0.39, 0.29) is 22.1 Å². The number of nitrogens with one attached hydrogen (secondary N) is 1. The van der Waals surface area contributed by atoms with Crippen molar-refractivity contribution in [3.8, 4) is 0 Å². The van der Waals surface area contributed by atoms with Crippen LogP contribution in [0.2, 0.25) is 5.15 Å². The molecule has 1 aromatic rings. The van der Waals surface area contributed by atoms with E-state index in [9.17, 15) is 10.1 Å². The predicted octanol–water partition coefficient (Wildman–Crippen LogP) is 2.64. The van der Waals surface area contributed by atoms with Crippen LogP contribution in [0.3, 0.4) is 0 Å². The van der Waals surface area contributed by atoms with Crippen molar-refractivity contribution in [3.63, 3.8) is 0 Å². The van der Waals surface area contributed by atoms with Crippen molar-refractivity contribution in [1.82, 2.24) is 9.97 Å². The second-order valence-corrected chi connectivity index (χ2v) is 4.68. The first-order valence-electron chi connectivity index (χ1n) is 5.47. The molecule has 6 nitrogen and oxygen atoms in total. The molecule has 0 atom stereocenters. The molecule has 0 unspecified atom stereocenters. The Balaban J connectivity index is 2.15. The summed E-state index contributed by atoms with van der Waals surface area (Å²) in [6.07, 6.45) is 4.60. The molecule has 1 aliphatic rings. The minimum atomic E-state index is -0.559. The molecule has 0 aromatic carbocycles. The van der Waals surface area contributed by atoms with Gasteiger partial charge in [-0.25, -0.2) is 9.97 Å². The second-order valence-electron chi connectivity index (χ2n) is 4.33. The number of rotatable bonds is 5. The average Bonchev–Trinajstić information content (AvgIpc) is 3.06. The van der Waals surface area contributed by atoms with E-state index in [1.54, 1.807) is 0 Å². The molecule has 0 radical (unpaired) electrons. The first kappa shape index (κ1) is 12.0. The molecule has 0 bridgehead atoms. The predicted molar refractivity (Wildman–Crippen MR) is 64.1 cm³/mol. The fraction of sp³-hybridized carbons (Fsp3) is 0.600. The summed E-state index contributed by atoms with van der Waals surface area (Å²) in [6.45, 7) is 2.81. The summed E-state index contributed by atoms with van der Waals surface area (Å²) < 4.78 is 0. The zero-order chi connectivity index (χ0) is 12.5. The van der Waals surface area contributed by atoms with E-state index in [0.717, 1.165) is 19.3 Å². The highest BCUT2D eigenvalue weighted by Gasteiger charge is 2.40. The first-order chi connectivity index (χ1) is 8.08. The van der Waals surface area contributed by atoms with Crippen molar-refractivity contribution in [2.45, 2.75) is 26.2 Å². The van der Waals surface area contributed by atoms with Crippen LogP contribution in [0.25, 0.3) is 0 Å². The minimum Gasteiger partial charge on any atom is -0.364 e. The molecule has 0 aliphatic heterocycles. The Labute approximate surface area is 104 Å². The SMILES string of the molecule is CCC1(CNc2ncnc(Cl)c2[N+](=O)[O-])CC1. The lowest BCUT2D eigenvalue weighted by Gasteiger charge is -2.13. The molecule has 1 aliphatic carbocycles. The van der Waals surface area contributed by atoms with Gasteiger partial charge < -0.3 is 5.32 Å². The molecule has 17 heavy (non-hydrogen) atoms. The van der Waals surface area contributed by atoms with E-state index in [1.165, 1.54) is 6.33 Å². The molecule has 0 amide bonds. The highest BCUT2D eigenvalue weighted by molar-refractivity contribution is 6.31. The molecule has 92 valence electrons. The van der Waals surface area contributed by atoms with Crippen LogP contribution < -0.4 is 5.32 Å². The normalized spacial score (nSPS) is 16.6. The van der Waals surface area contributed by atoms with Crippen LogP contribution in [0, 0.1) is 15.5 Å². The van der Waals surface area contributed by atoms with Crippen molar-refractivity contribution in [1.29, 1.82) is 0 Å². The molecule has 0 spiro atoms. The molecule has 1 heterocycles. The smallest absolute Gasteiger partial charge is 0.348 e. The lowest BCUT2D eigenvalue weighted by molar-refractivity contribution is -0.384. The van der Waals surface area contributed by atoms with Crippen LogP contribution in [0.5, 0.6) is 0 Å². The highest BCUT2D eigenvalue weighted by Crippen LogP contribution is 2.48. The highest BCUT2D eigenvalue weighted by atomic mass is 35.5. The Bertz CT molecular complexity index is 448. The summed E-state index contributed by atoms with van der Waals surface area (Å²) >= 11 is 5.69. The van der Waals surface area contributed by atoms with Crippen molar-refractivity contribution in [2.75, 3.05) is 11.9 Å². The molecule has 7 heteroatoms. The van der Waals surface area contributed by atoms with E-state index < -0.39 is 4.92 Å². The number of halogens is 1. The summed E-state index contributed by atoms with van der Waals surface area (Å²) in [5.74, 6) is 0.203. The summed E-state index contributed by atoms with van der Waals surface area (Å²) in [6, 6.07) is 0. The maximum atomic E-state index is 10.9. The summed E-state index contributed by atoms with van der Waals surface area (Å²) in [5, 5.41) is 13.7. The number of hydrogen-bond donors (Lipinski definition) is 1. The van der Waals surface area contributed by atoms with Crippen LogP contribution in [0.4, 0.5) is 11.5 Å². The van der Waals surface area contributed by atoms with Gasteiger partial charge in [-0.3, -0.25) is 10.1 Å². The fourth-order valence-electron chi connectivity index (χ4n) is 1.75. The summed E-state index contributed by atoms with van der Waals surface area (Å²) in [7, 11) is 0. The Morgan fingerprint density at radius 3 is 2.82 bits per heavy atom. The molecular weight excluding hydrogens is 244 g/mol. The van der Waals surface area contributed by atoms with E-state index in [2.05, 4.69) is 22.2 Å². The van der Waals surface area contributed by atoms with Gasteiger partial charge in [0.1, 0.15) is 6.33 Å². The minimum absolute atomic E-state index is 0.131. The first-order valence-corrected chi connectivity index (χ1v) is 5.84. The monoisotopic (exact) mass is 256 g/mol. The topological polar surface area (TPSA) is 81.0 Å². The third-order valence-electron chi connectivity index (χ3n) is 3.30. The third-order valence-corrected chi connectivity index (χ3v) is 3.57. The third kappa shape index (κ3) is 2.46. The Morgan fingerprint density at radius 1 is 1.59 bits per heavy atom. The van der Waals surface area contributed by atoms with Gasteiger partial charge in [-0.05, 0) is 24.7 Å². The molecule has 0 saturated heterocycles. The number of anilines is 1. The number of nitrogens with zero attached hydrogens (tertiary/aromatic N) is 3. The van der Waals surface area contributed by atoms with Gasteiger partial charge in [-0.2, -0.15) is 0 Å². The van der Waals surface area contributed by atoms with Crippen molar-refractivity contribution in [2.24, 2.45) is 5.41 Å². The molecular formula is C10H13ClN4O2. The quantitative estimate of drug-likeness (QED) is 0.498. The number of hydrogen-bond acceptors (Lipinski definition) is 5. The van der Waals surface area contributed by atoms with Gasteiger partial charge in [0.2, 0.25) is 11.0 Å². The molecule has 2 rings (SSSR count). The molecule has 1 aromatic heterocycles. The second kappa shape index (κ2) is 4.44. The van der Waals surface area contributed by atoms with Crippen LogP contribution in [-0.4, -0.2) is 21.4 Å². The largest absolute Gasteiger partial charge is 0.364 e. The van der Waals surface area contributed by atoms with Crippen molar-refractivity contribution < 1.29 is 4.92 Å². The molecule has 1 saturated carbocycles. The maximum absolute atomic E-state index is 10.9. The Hall–Kier alpha value is -1.43. The van der Waals surface area contributed by atoms with Gasteiger partial charge >= 0.3 is 5.69 Å². The van der Waals surface area contributed by atoms with Crippen LogP contribution >= 0.6 is 11.6 Å². The Morgan fingerprint density at radius 2 is 2.29 bits per heavy atom. The average molecular weight is 257 g/mol. The summed E-state index contributed by atoms with van der Waals surface area (Å²) in [5.41, 5.74) is 0.0340. The van der Waals surface area contributed by atoms with Gasteiger partial charge in [-0.15, -0.1) is 0 Å². The van der Waals surface area contributed by atoms with Gasteiger partial charge in [0.25, 0.3) is 0 Å². The van der Waals surface area contributed by atoms with Crippen LogP contribution in [0.1, 0.15) is 26.2 Å². The van der Waals surface area contributed by atoms with Gasteiger partial charge in [0, 0.05) is 6.54 Å². The van der Waals surface area contributed by atoms with Gasteiger partial charge in [-0.1, -0.05) is 18.5 Å². The van der Waals surface area contributed by atoms with Crippen molar-refractivity contribution >= 4 is 23.1 Å². The van der Waals surface area contributed by atoms with Gasteiger partial charge in [0.15, 0.2) is 0 Å². The molecule has 1 fully saturated rings. The van der Waals surface area contributed by atoms with E-state index >= 15 is 0 Å². The summed E-state index contributed by atoms with van der Waals surface area (Å²) in [4.78, 5) is 17.8. The lowest BCUT2D eigenvalue weighted by atomic mass is 10.0. The standard InChI is InChI=1S/C10H13ClN4O2/c1-2-10(3-4-10)5-12-9-7(15(16)17)8(11)13-6-14-9/h6H,2-5H2,1H3,(H,12,13,14). The van der Waals surface area contributed by atoms with E-state index in [4.69, 9.17) is 11.6 Å².